The van der Waals surface area contributed by atoms with Gasteiger partial charge in [-0.25, -0.2) is 18.4 Å². The predicted molar refractivity (Wildman–Crippen MR) is 98.3 cm³/mol. The van der Waals surface area contributed by atoms with E-state index >= 15 is 0 Å². The van der Waals surface area contributed by atoms with Crippen LogP contribution < -0.4 is 0 Å². The predicted octanol–water partition coefficient (Wildman–Crippen LogP) is 4.41. The van der Waals surface area contributed by atoms with Crippen LogP contribution >= 0.6 is 0 Å². The van der Waals surface area contributed by atoms with Gasteiger partial charge < -0.3 is 0 Å². The van der Waals surface area contributed by atoms with Gasteiger partial charge in [0.1, 0.15) is 11.6 Å². The van der Waals surface area contributed by atoms with Crippen LogP contribution in [0.15, 0.2) is 72.8 Å². The SMILES string of the molecule is O=C(F)C(=O)F.O=C(c1ccc(F)cc1)c1cccc(C(=O)c2ccc(F)cc2)c1. The van der Waals surface area contributed by atoms with Crippen LogP contribution in [0.1, 0.15) is 31.8 Å². The van der Waals surface area contributed by atoms with Crippen LogP contribution in [-0.4, -0.2) is 23.6 Å². The Morgan fingerprint density at radius 2 is 0.833 bits per heavy atom. The minimum Gasteiger partial charge on any atom is -0.289 e. The second kappa shape index (κ2) is 10.0. The zero-order valence-corrected chi connectivity index (χ0v) is 15.1. The van der Waals surface area contributed by atoms with Gasteiger partial charge in [0.2, 0.25) is 0 Å². The zero-order valence-electron chi connectivity index (χ0n) is 15.1. The number of carbonyl (C=O) groups is 4. The highest BCUT2D eigenvalue weighted by atomic mass is 19.2. The van der Waals surface area contributed by atoms with E-state index in [1.54, 1.807) is 18.2 Å². The molecule has 0 unspecified atom stereocenters. The largest absolute Gasteiger partial charge is 0.401 e. The second-order valence-corrected chi connectivity index (χ2v) is 5.80. The molecular weight excluding hydrogens is 404 g/mol. The molecule has 0 bridgehead atoms. The van der Waals surface area contributed by atoms with Crippen LogP contribution in [0.4, 0.5) is 17.6 Å². The first-order valence-electron chi connectivity index (χ1n) is 8.29. The van der Waals surface area contributed by atoms with Crippen molar-refractivity contribution in [2.75, 3.05) is 0 Å². The van der Waals surface area contributed by atoms with E-state index < -0.39 is 23.7 Å². The number of rotatable bonds is 5. The topological polar surface area (TPSA) is 68.3 Å². The van der Waals surface area contributed by atoms with Gasteiger partial charge >= 0.3 is 12.1 Å². The van der Waals surface area contributed by atoms with Crippen molar-refractivity contribution < 1.29 is 36.7 Å². The molecule has 3 aromatic carbocycles. The molecule has 0 aliphatic heterocycles. The van der Waals surface area contributed by atoms with E-state index in [9.17, 15) is 27.2 Å². The number of hydrogen-bond donors (Lipinski definition) is 0. The van der Waals surface area contributed by atoms with Crippen LogP contribution in [0, 0.1) is 11.6 Å². The Labute approximate surface area is 167 Å². The zero-order chi connectivity index (χ0) is 22.3. The molecule has 0 fully saturated rings. The lowest BCUT2D eigenvalue weighted by Gasteiger charge is -2.05. The summed E-state index contributed by atoms with van der Waals surface area (Å²) in [6.45, 7) is 0. The maximum absolute atomic E-state index is 13.0. The van der Waals surface area contributed by atoms with Crippen molar-refractivity contribution in [1.29, 1.82) is 0 Å². The maximum atomic E-state index is 13.0. The first-order chi connectivity index (χ1) is 14.2. The standard InChI is InChI=1S/C20H12F2O2.C2F2O2/c21-17-8-4-13(5-9-17)19(23)15-2-1-3-16(12-15)20(24)14-6-10-18(22)11-7-14;3-1(5)2(4)6/h1-12H;. The smallest absolute Gasteiger partial charge is 0.289 e. The van der Waals surface area contributed by atoms with E-state index in [0.29, 0.717) is 22.3 Å². The van der Waals surface area contributed by atoms with Crippen LogP contribution in [0.2, 0.25) is 0 Å². The summed E-state index contributed by atoms with van der Waals surface area (Å²) in [4.78, 5) is 42.4. The quantitative estimate of drug-likeness (QED) is 0.268. The van der Waals surface area contributed by atoms with Gasteiger partial charge in [-0.05, 0) is 54.6 Å². The van der Waals surface area contributed by atoms with Gasteiger partial charge in [0.05, 0.1) is 0 Å². The molecule has 3 rings (SSSR count). The lowest BCUT2D eigenvalue weighted by atomic mass is 9.97. The Bertz CT molecular complexity index is 1010. The molecule has 0 radical (unpaired) electrons. The van der Waals surface area contributed by atoms with Crippen molar-refractivity contribution in [3.63, 3.8) is 0 Å². The minimum absolute atomic E-state index is 0.302. The van der Waals surface area contributed by atoms with Crippen LogP contribution in [0.25, 0.3) is 0 Å². The lowest BCUT2D eigenvalue weighted by Crippen LogP contribution is -2.06. The van der Waals surface area contributed by atoms with Gasteiger partial charge in [-0.15, -0.1) is 0 Å². The number of hydrogen-bond acceptors (Lipinski definition) is 4. The highest BCUT2D eigenvalue weighted by molar-refractivity contribution is 6.28. The van der Waals surface area contributed by atoms with E-state index in [1.165, 1.54) is 54.6 Å². The van der Waals surface area contributed by atoms with E-state index in [1.807, 2.05) is 0 Å². The van der Waals surface area contributed by atoms with Crippen molar-refractivity contribution in [1.82, 2.24) is 0 Å². The van der Waals surface area contributed by atoms with Gasteiger partial charge in [-0.1, -0.05) is 18.2 Å². The fraction of sp³-hybridized carbons (Fsp3) is 0. The molecule has 8 heteroatoms. The first kappa shape index (κ1) is 22.4. The van der Waals surface area contributed by atoms with Crippen LogP contribution in [-0.2, 0) is 9.59 Å². The van der Waals surface area contributed by atoms with Crippen LogP contribution in [0.5, 0.6) is 0 Å². The molecule has 0 heterocycles. The molecular formula is C22H12F4O4. The van der Waals surface area contributed by atoms with Crippen molar-refractivity contribution in [3.05, 3.63) is 107 Å². The summed E-state index contributed by atoms with van der Waals surface area (Å²) in [5.74, 6) is -1.45. The summed E-state index contributed by atoms with van der Waals surface area (Å²) in [6, 6.07) is 11.6. The molecule has 0 amide bonds. The summed E-state index contributed by atoms with van der Waals surface area (Å²) in [5, 5.41) is 0. The fourth-order valence-electron chi connectivity index (χ4n) is 2.34. The average Bonchev–Trinajstić information content (AvgIpc) is 2.74. The third kappa shape index (κ3) is 6.03. The van der Waals surface area contributed by atoms with Gasteiger partial charge in [-0.3, -0.25) is 9.59 Å². The Kier molecular flexibility index (Phi) is 7.46. The van der Waals surface area contributed by atoms with E-state index in [0.717, 1.165) is 0 Å². The molecule has 0 saturated heterocycles. The third-order valence-electron chi connectivity index (χ3n) is 3.75. The number of carbonyl (C=O) groups excluding carboxylic acids is 4. The lowest BCUT2D eigenvalue weighted by molar-refractivity contribution is -0.149. The first-order valence-corrected chi connectivity index (χ1v) is 8.29. The molecule has 30 heavy (non-hydrogen) atoms. The van der Waals surface area contributed by atoms with Gasteiger partial charge in [0, 0.05) is 22.3 Å². The molecule has 0 aliphatic rings. The summed E-state index contributed by atoms with van der Waals surface area (Å²) < 4.78 is 46.8. The Morgan fingerprint density at radius 3 is 1.13 bits per heavy atom. The number of halogens is 4. The molecule has 152 valence electrons. The van der Waals surface area contributed by atoms with Crippen molar-refractivity contribution >= 4 is 23.6 Å². The molecule has 0 N–H and O–H groups in total. The molecule has 0 aliphatic carbocycles. The monoisotopic (exact) mass is 416 g/mol. The minimum atomic E-state index is -2.55. The molecule has 0 spiro atoms. The average molecular weight is 416 g/mol. The highest BCUT2D eigenvalue weighted by Gasteiger charge is 2.14. The summed E-state index contributed by atoms with van der Waals surface area (Å²) in [5.41, 5.74) is 1.33. The van der Waals surface area contributed by atoms with Crippen LogP contribution in [0.3, 0.4) is 0 Å². The molecule has 0 atom stereocenters. The molecule has 0 aromatic heterocycles. The summed E-state index contributed by atoms with van der Waals surface area (Å²) >= 11 is 0. The van der Waals surface area contributed by atoms with Gasteiger partial charge in [-0.2, -0.15) is 8.78 Å². The number of benzene rings is 3. The second-order valence-electron chi connectivity index (χ2n) is 5.80. The van der Waals surface area contributed by atoms with E-state index in [2.05, 4.69) is 0 Å². The summed E-state index contributed by atoms with van der Waals surface area (Å²) in [7, 11) is 0. The number of ketones is 2. The maximum Gasteiger partial charge on any atom is 0.401 e. The van der Waals surface area contributed by atoms with E-state index in [4.69, 9.17) is 9.59 Å². The third-order valence-corrected chi connectivity index (χ3v) is 3.75. The molecule has 4 nitrogen and oxygen atoms in total. The van der Waals surface area contributed by atoms with Crippen molar-refractivity contribution in [3.8, 4) is 0 Å². The summed E-state index contributed by atoms with van der Waals surface area (Å²) in [6.07, 6.45) is 0. The van der Waals surface area contributed by atoms with Crippen molar-refractivity contribution in [2.24, 2.45) is 0 Å². The molecule has 0 saturated carbocycles. The van der Waals surface area contributed by atoms with Crippen molar-refractivity contribution in [2.45, 2.75) is 0 Å². The Hall–Kier alpha value is -3.94. The molecule has 3 aromatic rings. The highest BCUT2D eigenvalue weighted by Crippen LogP contribution is 2.16. The fourth-order valence-corrected chi connectivity index (χ4v) is 2.34. The van der Waals surface area contributed by atoms with Gasteiger partial charge in [0.25, 0.3) is 0 Å². The Balaban J connectivity index is 0.000000469. The Morgan fingerprint density at radius 1 is 0.500 bits per heavy atom. The van der Waals surface area contributed by atoms with E-state index in [-0.39, 0.29) is 11.6 Å². The normalized spacial score (nSPS) is 9.87. The van der Waals surface area contributed by atoms with Gasteiger partial charge in [0.15, 0.2) is 11.6 Å².